The molecule has 4 aromatic rings. The molecule has 0 bridgehead atoms. The molecule has 1 amide bonds. The summed E-state index contributed by atoms with van der Waals surface area (Å²) >= 11 is 1.34. The monoisotopic (exact) mass is 458 g/mol. The maximum Gasteiger partial charge on any atom is 0.234 e. The molecular weight excluding hydrogens is 432 g/mol. The van der Waals surface area contributed by atoms with Crippen molar-refractivity contribution in [1.82, 2.24) is 14.8 Å². The summed E-state index contributed by atoms with van der Waals surface area (Å²) in [6, 6.07) is 23.6. The Hall–Kier alpha value is -3.78. The highest BCUT2D eigenvalue weighted by atomic mass is 32.2. The van der Waals surface area contributed by atoms with E-state index in [4.69, 9.17) is 5.73 Å². The van der Waals surface area contributed by atoms with E-state index < -0.39 is 0 Å². The third-order valence-electron chi connectivity index (χ3n) is 5.08. The van der Waals surface area contributed by atoms with Gasteiger partial charge in [-0.25, -0.2) is 0 Å². The SMILES string of the molecule is Cc1cccc(NCc2nnc(SCC(=O)Nc3ccc(C)c(N)c3)n2-c2ccccc2)c1. The number of rotatable bonds is 8. The Labute approximate surface area is 197 Å². The lowest BCUT2D eigenvalue weighted by Crippen LogP contribution is -2.15. The van der Waals surface area contributed by atoms with Crippen LogP contribution in [0.15, 0.2) is 78.0 Å². The average Bonchev–Trinajstić information content (AvgIpc) is 3.22. The number of benzene rings is 3. The largest absolute Gasteiger partial charge is 0.398 e. The third-order valence-corrected chi connectivity index (χ3v) is 6.01. The van der Waals surface area contributed by atoms with Gasteiger partial charge in [0.25, 0.3) is 0 Å². The second-order valence-corrected chi connectivity index (χ2v) is 8.64. The maximum atomic E-state index is 12.5. The fraction of sp³-hybridized carbons (Fsp3) is 0.160. The van der Waals surface area contributed by atoms with Crippen molar-refractivity contribution >= 4 is 34.7 Å². The Morgan fingerprint density at radius 3 is 2.55 bits per heavy atom. The molecule has 0 unspecified atom stereocenters. The summed E-state index contributed by atoms with van der Waals surface area (Å²) in [7, 11) is 0. The molecule has 4 rings (SSSR count). The van der Waals surface area contributed by atoms with Crippen molar-refractivity contribution in [3.8, 4) is 5.69 Å². The molecule has 0 atom stereocenters. The zero-order chi connectivity index (χ0) is 23.2. The Kier molecular flexibility index (Phi) is 6.95. The van der Waals surface area contributed by atoms with E-state index in [1.54, 1.807) is 6.07 Å². The molecule has 33 heavy (non-hydrogen) atoms. The minimum absolute atomic E-state index is 0.134. The molecule has 0 fully saturated rings. The number of aromatic nitrogens is 3. The van der Waals surface area contributed by atoms with Gasteiger partial charge in [-0.3, -0.25) is 9.36 Å². The smallest absolute Gasteiger partial charge is 0.234 e. The van der Waals surface area contributed by atoms with Crippen molar-refractivity contribution in [3.63, 3.8) is 0 Å². The summed E-state index contributed by atoms with van der Waals surface area (Å²) in [4.78, 5) is 12.5. The molecule has 0 aliphatic heterocycles. The lowest BCUT2D eigenvalue weighted by Gasteiger charge is -2.12. The van der Waals surface area contributed by atoms with Crippen LogP contribution >= 0.6 is 11.8 Å². The Morgan fingerprint density at radius 1 is 0.970 bits per heavy atom. The van der Waals surface area contributed by atoms with Crippen LogP contribution in [0, 0.1) is 13.8 Å². The summed E-state index contributed by atoms with van der Waals surface area (Å²) < 4.78 is 1.98. The van der Waals surface area contributed by atoms with Gasteiger partial charge in [0.15, 0.2) is 11.0 Å². The first-order valence-electron chi connectivity index (χ1n) is 10.6. The number of para-hydroxylation sites is 1. The predicted molar refractivity (Wildman–Crippen MR) is 135 cm³/mol. The molecule has 168 valence electrons. The molecule has 4 N–H and O–H groups in total. The fourth-order valence-electron chi connectivity index (χ4n) is 3.33. The summed E-state index contributed by atoms with van der Waals surface area (Å²) in [5, 5.41) is 15.7. The van der Waals surface area contributed by atoms with Crippen LogP contribution in [0.3, 0.4) is 0 Å². The van der Waals surface area contributed by atoms with E-state index in [-0.39, 0.29) is 11.7 Å². The topological polar surface area (TPSA) is 97.9 Å². The number of anilines is 3. The molecule has 0 saturated carbocycles. The van der Waals surface area contributed by atoms with Gasteiger partial charge in [-0.1, -0.05) is 48.2 Å². The lowest BCUT2D eigenvalue weighted by molar-refractivity contribution is -0.113. The van der Waals surface area contributed by atoms with E-state index in [9.17, 15) is 4.79 Å². The van der Waals surface area contributed by atoms with Gasteiger partial charge < -0.3 is 16.4 Å². The molecular formula is C25H26N6OS. The summed E-state index contributed by atoms with van der Waals surface area (Å²) in [6.45, 7) is 4.49. The van der Waals surface area contributed by atoms with Crippen molar-refractivity contribution in [1.29, 1.82) is 0 Å². The van der Waals surface area contributed by atoms with Gasteiger partial charge in [0.1, 0.15) is 0 Å². The number of nitrogens with zero attached hydrogens (tertiary/aromatic N) is 3. The van der Waals surface area contributed by atoms with E-state index in [1.165, 1.54) is 17.3 Å². The zero-order valence-electron chi connectivity index (χ0n) is 18.6. The standard InChI is InChI=1S/C25H26N6OS/c1-17-7-6-8-19(13-17)27-15-23-29-30-25(31(23)21-9-4-3-5-10-21)33-16-24(32)28-20-12-11-18(2)22(26)14-20/h3-14,27H,15-16,26H2,1-2H3,(H,28,32). The highest BCUT2D eigenvalue weighted by Gasteiger charge is 2.16. The minimum atomic E-state index is -0.134. The molecule has 0 aliphatic rings. The molecule has 1 aromatic heterocycles. The molecule has 7 nitrogen and oxygen atoms in total. The Balaban J connectivity index is 1.49. The first kappa shape index (κ1) is 22.4. The second-order valence-electron chi connectivity index (χ2n) is 7.70. The zero-order valence-corrected chi connectivity index (χ0v) is 19.4. The number of carbonyl (C=O) groups is 1. The van der Waals surface area contributed by atoms with Gasteiger partial charge in [0.05, 0.1) is 12.3 Å². The molecule has 3 aromatic carbocycles. The van der Waals surface area contributed by atoms with Gasteiger partial charge in [-0.2, -0.15) is 0 Å². The average molecular weight is 459 g/mol. The number of amides is 1. The van der Waals surface area contributed by atoms with Crippen molar-refractivity contribution in [2.24, 2.45) is 0 Å². The molecule has 0 radical (unpaired) electrons. The van der Waals surface area contributed by atoms with Crippen molar-refractivity contribution < 1.29 is 4.79 Å². The molecule has 0 spiro atoms. The summed E-state index contributed by atoms with van der Waals surface area (Å²) in [5.41, 5.74) is 11.4. The number of aryl methyl sites for hydroxylation is 2. The van der Waals surface area contributed by atoms with E-state index >= 15 is 0 Å². The van der Waals surface area contributed by atoms with Crippen LogP contribution in [-0.4, -0.2) is 26.4 Å². The first-order chi connectivity index (χ1) is 16.0. The molecule has 8 heteroatoms. The van der Waals surface area contributed by atoms with Crippen LogP contribution in [0.25, 0.3) is 5.69 Å². The van der Waals surface area contributed by atoms with Crippen LogP contribution in [0.5, 0.6) is 0 Å². The number of nitrogen functional groups attached to an aromatic ring is 1. The Bertz CT molecular complexity index is 1260. The number of nitrogens with two attached hydrogens (primary N) is 1. The lowest BCUT2D eigenvalue weighted by atomic mass is 10.2. The maximum absolute atomic E-state index is 12.5. The Morgan fingerprint density at radius 2 is 1.79 bits per heavy atom. The van der Waals surface area contributed by atoms with E-state index in [0.29, 0.717) is 23.1 Å². The number of hydrogen-bond donors (Lipinski definition) is 3. The van der Waals surface area contributed by atoms with Crippen molar-refractivity contribution in [3.05, 3.63) is 89.7 Å². The van der Waals surface area contributed by atoms with Gasteiger partial charge in [0, 0.05) is 22.7 Å². The second kappa shape index (κ2) is 10.2. The number of thioether (sulfide) groups is 1. The number of nitrogens with one attached hydrogen (secondary N) is 2. The molecule has 0 aliphatic carbocycles. The van der Waals surface area contributed by atoms with E-state index in [2.05, 4.69) is 39.9 Å². The van der Waals surface area contributed by atoms with Crippen LogP contribution < -0.4 is 16.4 Å². The normalized spacial score (nSPS) is 10.7. The van der Waals surface area contributed by atoms with Gasteiger partial charge in [0.2, 0.25) is 5.91 Å². The van der Waals surface area contributed by atoms with Crippen LogP contribution in [-0.2, 0) is 11.3 Å². The fourth-order valence-corrected chi connectivity index (χ4v) is 4.10. The first-order valence-corrected chi connectivity index (χ1v) is 11.6. The highest BCUT2D eigenvalue weighted by Crippen LogP contribution is 2.24. The number of hydrogen-bond acceptors (Lipinski definition) is 6. The van der Waals surface area contributed by atoms with Crippen LogP contribution in [0.4, 0.5) is 17.1 Å². The molecule has 1 heterocycles. The quantitative estimate of drug-likeness (QED) is 0.259. The van der Waals surface area contributed by atoms with Crippen LogP contribution in [0.1, 0.15) is 17.0 Å². The predicted octanol–water partition coefficient (Wildman–Crippen LogP) is 4.81. The van der Waals surface area contributed by atoms with Gasteiger partial charge in [-0.15, -0.1) is 10.2 Å². The summed E-state index contributed by atoms with van der Waals surface area (Å²) in [5.74, 6) is 0.826. The third kappa shape index (κ3) is 5.72. The summed E-state index contributed by atoms with van der Waals surface area (Å²) in [6.07, 6.45) is 0. The van der Waals surface area contributed by atoms with Gasteiger partial charge in [-0.05, 0) is 61.4 Å². The van der Waals surface area contributed by atoms with E-state index in [0.717, 1.165) is 22.8 Å². The molecule has 0 saturated heterocycles. The van der Waals surface area contributed by atoms with Crippen molar-refractivity contribution in [2.75, 3.05) is 22.1 Å². The van der Waals surface area contributed by atoms with Crippen LogP contribution in [0.2, 0.25) is 0 Å². The minimum Gasteiger partial charge on any atom is -0.398 e. The van der Waals surface area contributed by atoms with Crippen molar-refractivity contribution in [2.45, 2.75) is 25.5 Å². The van der Waals surface area contributed by atoms with Gasteiger partial charge >= 0.3 is 0 Å². The number of carbonyl (C=O) groups excluding carboxylic acids is 1. The highest BCUT2D eigenvalue weighted by molar-refractivity contribution is 7.99. The van der Waals surface area contributed by atoms with E-state index in [1.807, 2.05) is 66.1 Å².